The Balaban J connectivity index is 0.000000217. The number of aromatic hydroxyl groups is 2. The summed E-state index contributed by atoms with van der Waals surface area (Å²) >= 11 is 0. The molecule has 0 saturated heterocycles. The molecule has 20 heavy (non-hydrogen) atoms. The third-order valence-electron chi connectivity index (χ3n) is 2.67. The molecule has 4 nitrogen and oxygen atoms in total. The summed E-state index contributed by atoms with van der Waals surface area (Å²) in [6, 6.07) is 4.92. The maximum Gasteiger partial charge on any atom is 0.178 e. The minimum atomic E-state index is -0.121. The third kappa shape index (κ3) is 4.72. The number of rotatable bonds is 0. The number of benzene rings is 1. The molecule has 0 bridgehead atoms. The predicted octanol–water partition coefficient (Wildman–Crippen LogP) is 2.65. The lowest BCUT2D eigenvalue weighted by molar-refractivity contribution is -0.113. The van der Waals surface area contributed by atoms with Crippen LogP contribution in [0.15, 0.2) is 42.5 Å². The number of allylic oxidation sites excluding steroid dienone is 4. The van der Waals surface area contributed by atoms with Gasteiger partial charge in [0.15, 0.2) is 23.1 Å². The highest BCUT2D eigenvalue weighted by molar-refractivity contribution is 6.14. The Morgan fingerprint density at radius 2 is 1.25 bits per heavy atom. The van der Waals surface area contributed by atoms with Gasteiger partial charge in [0.05, 0.1) is 0 Å². The summed E-state index contributed by atoms with van der Waals surface area (Å²) in [7, 11) is 0. The second-order valence-electron chi connectivity index (χ2n) is 5.42. The monoisotopic (exact) mass is 274 g/mol. The fourth-order valence-electron chi connectivity index (χ4n) is 1.43. The molecule has 0 fully saturated rings. The molecule has 0 unspecified atom stereocenters. The second-order valence-corrected chi connectivity index (χ2v) is 5.42. The van der Waals surface area contributed by atoms with E-state index in [1.807, 2.05) is 6.07 Å². The summed E-state index contributed by atoms with van der Waals surface area (Å²) in [5.41, 5.74) is 1.02. The van der Waals surface area contributed by atoms with E-state index >= 15 is 0 Å². The van der Waals surface area contributed by atoms with Crippen molar-refractivity contribution in [1.82, 2.24) is 0 Å². The van der Waals surface area contributed by atoms with E-state index in [9.17, 15) is 14.7 Å². The fourth-order valence-corrected chi connectivity index (χ4v) is 1.43. The van der Waals surface area contributed by atoms with Gasteiger partial charge in [-0.1, -0.05) is 26.8 Å². The molecule has 1 aromatic carbocycles. The summed E-state index contributed by atoms with van der Waals surface area (Å²) < 4.78 is 0. The minimum absolute atomic E-state index is 0.00514. The average molecular weight is 274 g/mol. The molecule has 106 valence electrons. The molecule has 2 rings (SSSR count). The smallest absolute Gasteiger partial charge is 0.178 e. The van der Waals surface area contributed by atoms with Crippen LogP contribution in [0.3, 0.4) is 0 Å². The van der Waals surface area contributed by atoms with Crippen molar-refractivity contribution in [2.45, 2.75) is 26.2 Å². The molecule has 0 radical (unpaired) electrons. The molecule has 1 aliphatic carbocycles. The Bertz CT molecular complexity index is 537. The van der Waals surface area contributed by atoms with E-state index in [1.165, 1.54) is 30.4 Å². The van der Waals surface area contributed by atoms with Crippen molar-refractivity contribution in [1.29, 1.82) is 0 Å². The van der Waals surface area contributed by atoms with Gasteiger partial charge in [-0.3, -0.25) is 9.59 Å². The van der Waals surface area contributed by atoms with E-state index < -0.39 is 0 Å². The van der Waals surface area contributed by atoms with Crippen LogP contribution in [0.5, 0.6) is 11.5 Å². The van der Waals surface area contributed by atoms with Gasteiger partial charge in [-0.15, -0.1) is 0 Å². The molecule has 1 aromatic rings. The molecule has 0 atom stereocenters. The summed E-state index contributed by atoms with van der Waals surface area (Å²) in [5.74, 6) is -0.361. The third-order valence-corrected chi connectivity index (χ3v) is 2.67. The number of phenolic OH excluding ortho intramolecular Hbond substituents is 2. The topological polar surface area (TPSA) is 74.6 Å². The van der Waals surface area contributed by atoms with E-state index in [4.69, 9.17) is 5.11 Å². The van der Waals surface area contributed by atoms with E-state index in [0.29, 0.717) is 0 Å². The van der Waals surface area contributed by atoms with Crippen molar-refractivity contribution in [3.05, 3.63) is 48.1 Å². The Hall–Kier alpha value is -2.36. The van der Waals surface area contributed by atoms with Crippen LogP contribution in [0, 0.1) is 0 Å². The van der Waals surface area contributed by atoms with Gasteiger partial charge in [0.2, 0.25) is 0 Å². The van der Waals surface area contributed by atoms with E-state index in [2.05, 4.69) is 20.8 Å². The van der Waals surface area contributed by atoms with Gasteiger partial charge in [-0.05, 0) is 47.4 Å². The second kappa shape index (κ2) is 6.19. The maximum absolute atomic E-state index is 10.3. The molecule has 0 saturated carbocycles. The van der Waals surface area contributed by atoms with E-state index in [0.717, 1.165) is 5.56 Å². The number of hydrogen-bond donors (Lipinski definition) is 2. The zero-order chi connectivity index (χ0) is 15.3. The Labute approximate surface area is 118 Å². The highest BCUT2D eigenvalue weighted by Crippen LogP contribution is 2.30. The highest BCUT2D eigenvalue weighted by Gasteiger charge is 2.14. The Kier molecular flexibility index (Phi) is 4.86. The Morgan fingerprint density at radius 1 is 0.800 bits per heavy atom. The molecular formula is C16H18O4. The van der Waals surface area contributed by atoms with Gasteiger partial charge in [-0.25, -0.2) is 0 Å². The highest BCUT2D eigenvalue weighted by atomic mass is 16.3. The first-order valence-corrected chi connectivity index (χ1v) is 6.16. The van der Waals surface area contributed by atoms with Crippen LogP contribution in [0.4, 0.5) is 0 Å². The summed E-state index contributed by atoms with van der Waals surface area (Å²) in [6.45, 7) is 6.16. The zero-order valence-corrected chi connectivity index (χ0v) is 11.8. The maximum atomic E-state index is 10.3. The lowest BCUT2D eigenvalue weighted by atomic mass is 9.87. The van der Waals surface area contributed by atoms with Crippen molar-refractivity contribution in [3.8, 4) is 11.5 Å². The number of hydrogen-bond acceptors (Lipinski definition) is 4. The largest absolute Gasteiger partial charge is 0.504 e. The van der Waals surface area contributed by atoms with Crippen LogP contribution in [-0.2, 0) is 15.0 Å². The quantitative estimate of drug-likeness (QED) is 0.563. The number of carbonyl (C=O) groups excluding carboxylic acids is 2. The molecule has 1 aliphatic rings. The van der Waals surface area contributed by atoms with Crippen LogP contribution >= 0.6 is 0 Å². The normalized spacial score (nSPS) is 13.9. The SMILES string of the molecule is CC(C)(C)c1ccc(O)c(O)c1.O=C1C=CC(=O)C=C1. The first kappa shape index (κ1) is 15.7. The summed E-state index contributed by atoms with van der Waals surface area (Å²) in [6.07, 6.45) is 5.01. The summed E-state index contributed by atoms with van der Waals surface area (Å²) in [5, 5.41) is 18.3. The van der Waals surface area contributed by atoms with Crippen LogP contribution in [0.1, 0.15) is 26.3 Å². The molecule has 0 aromatic heterocycles. The predicted molar refractivity (Wildman–Crippen MR) is 76.8 cm³/mol. The molecule has 0 aliphatic heterocycles. The van der Waals surface area contributed by atoms with E-state index in [1.54, 1.807) is 6.07 Å². The molecule has 0 spiro atoms. The molecule has 0 heterocycles. The standard InChI is InChI=1S/C10H14O2.C6H4O2/c1-10(2,3)7-4-5-8(11)9(12)6-7;7-5-1-2-6(8)4-3-5/h4-6,11-12H,1-3H3;1-4H. The number of ketones is 2. The van der Waals surface area contributed by atoms with Crippen LogP contribution in [0.2, 0.25) is 0 Å². The number of phenols is 2. The minimum Gasteiger partial charge on any atom is -0.504 e. The van der Waals surface area contributed by atoms with E-state index in [-0.39, 0.29) is 28.5 Å². The van der Waals surface area contributed by atoms with Crippen molar-refractivity contribution >= 4 is 11.6 Å². The number of carbonyl (C=O) groups is 2. The van der Waals surface area contributed by atoms with Crippen LogP contribution < -0.4 is 0 Å². The molecule has 0 amide bonds. The van der Waals surface area contributed by atoms with Crippen molar-refractivity contribution in [2.75, 3.05) is 0 Å². The first-order valence-electron chi connectivity index (χ1n) is 6.16. The van der Waals surface area contributed by atoms with Crippen LogP contribution in [-0.4, -0.2) is 21.8 Å². The zero-order valence-electron chi connectivity index (χ0n) is 11.8. The average Bonchev–Trinajstić information content (AvgIpc) is 2.36. The fraction of sp³-hybridized carbons (Fsp3) is 0.250. The molecule has 2 N–H and O–H groups in total. The van der Waals surface area contributed by atoms with Gasteiger partial charge in [0, 0.05) is 0 Å². The van der Waals surface area contributed by atoms with Gasteiger partial charge >= 0.3 is 0 Å². The summed E-state index contributed by atoms with van der Waals surface area (Å²) in [4.78, 5) is 20.6. The van der Waals surface area contributed by atoms with Crippen molar-refractivity contribution in [3.63, 3.8) is 0 Å². The van der Waals surface area contributed by atoms with Gasteiger partial charge < -0.3 is 10.2 Å². The van der Waals surface area contributed by atoms with Crippen molar-refractivity contribution < 1.29 is 19.8 Å². The lowest BCUT2D eigenvalue weighted by Gasteiger charge is -2.19. The van der Waals surface area contributed by atoms with Gasteiger partial charge in [-0.2, -0.15) is 0 Å². The van der Waals surface area contributed by atoms with Gasteiger partial charge in [0.1, 0.15) is 0 Å². The van der Waals surface area contributed by atoms with Crippen LogP contribution in [0.25, 0.3) is 0 Å². The molecule has 4 heteroatoms. The van der Waals surface area contributed by atoms with Gasteiger partial charge in [0.25, 0.3) is 0 Å². The Morgan fingerprint density at radius 3 is 1.60 bits per heavy atom. The lowest BCUT2D eigenvalue weighted by Crippen LogP contribution is -2.10. The first-order chi connectivity index (χ1) is 9.20. The molecular weight excluding hydrogens is 256 g/mol. The van der Waals surface area contributed by atoms with Crippen molar-refractivity contribution in [2.24, 2.45) is 0 Å².